The van der Waals surface area contributed by atoms with Gasteiger partial charge in [-0.25, -0.2) is 9.37 Å². The van der Waals surface area contributed by atoms with Gasteiger partial charge in [0.1, 0.15) is 10.7 Å². The zero-order chi connectivity index (χ0) is 18.0. The Balaban J connectivity index is 1.72. The van der Waals surface area contributed by atoms with E-state index in [-0.39, 0.29) is 11.7 Å². The number of benzene rings is 1. The molecule has 2 aromatic rings. The fraction of sp³-hybridized carbons (Fsp3) is 0.474. The SMILES string of the molecule is Cc1nc(CC(C)C)sc1C(=O)Nc1ccc(N2CCCC2)c(F)c1. The van der Waals surface area contributed by atoms with E-state index < -0.39 is 0 Å². The van der Waals surface area contributed by atoms with Crippen LogP contribution in [-0.4, -0.2) is 24.0 Å². The van der Waals surface area contributed by atoms with E-state index in [0.717, 1.165) is 43.1 Å². The molecular formula is C19H24FN3OS. The first kappa shape index (κ1) is 17.9. The van der Waals surface area contributed by atoms with Gasteiger partial charge in [0.15, 0.2) is 0 Å². The van der Waals surface area contributed by atoms with Gasteiger partial charge in [-0.05, 0) is 43.9 Å². The molecule has 1 aromatic heterocycles. The predicted molar refractivity (Wildman–Crippen MR) is 101 cm³/mol. The highest BCUT2D eigenvalue weighted by Gasteiger charge is 2.19. The molecule has 1 aromatic carbocycles. The summed E-state index contributed by atoms with van der Waals surface area (Å²) in [5, 5.41) is 3.76. The molecule has 0 spiro atoms. The van der Waals surface area contributed by atoms with Crippen molar-refractivity contribution in [2.75, 3.05) is 23.3 Å². The molecule has 3 rings (SSSR count). The first-order valence-corrected chi connectivity index (χ1v) is 9.58. The number of hydrogen-bond acceptors (Lipinski definition) is 4. The predicted octanol–water partition coefficient (Wildman–Crippen LogP) is 4.64. The number of anilines is 2. The number of carbonyl (C=O) groups excluding carboxylic acids is 1. The van der Waals surface area contributed by atoms with Crippen molar-refractivity contribution < 1.29 is 9.18 Å². The number of amides is 1. The highest BCUT2D eigenvalue weighted by atomic mass is 32.1. The highest BCUT2D eigenvalue weighted by Crippen LogP contribution is 2.27. The number of rotatable bonds is 5. The molecule has 4 nitrogen and oxygen atoms in total. The van der Waals surface area contributed by atoms with Gasteiger partial charge in [-0.3, -0.25) is 4.79 Å². The van der Waals surface area contributed by atoms with E-state index in [1.54, 1.807) is 12.1 Å². The smallest absolute Gasteiger partial charge is 0.267 e. The molecular weight excluding hydrogens is 337 g/mol. The lowest BCUT2D eigenvalue weighted by atomic mass is 10.1. The maximum Gasteiger partial charge on any atom is 0.267 e. The van der Waals surface area contributed by atoms with Gasteiger partial charge in [0.05, 0.1) is 16.4 Å². The number of carbonyl (C=O) groups is 1. The molecule has 0 saturated carbocycles. The second-order valence-electron chi connectivity index (χ2n) is 6.93. The molecule has 0 aliphatic carbocycles. The van der Waals surface area contributed by atoms with Crippen LogP contribution in [0.2, 0.25) is 0 Å². The maximum atomic E-state index is 14.4. The third kappa shape index (κ3) is 4.18. The topological polar surface area (TPSA) is 45.2 Å². The summed E-state index contributed by atoms with van der Waals surface area (Å²) in [6.45, 7) is 7.87. The van der Waals surface area contributed by atoms with Crippen LogP contribution in [0.5, 0.6) is 0 Å². The Kier molecular flexibility index (Phi) is 5.37. The van der Waals surface area contributed by atoms with Gasteiger partial charge in [-0.1, -0.05) is 13.8 Å². The van der Waals surface area contributed by atoms with Gasteiger partial charge in [-0.15, -0.1) is 11.3 Å². The van der Waals surface area contributed by atoms with Crippen molar-refractivity contribution >= 4 is 28.6 Å². The molecule has 1 fully saturated rings. The van der Waals surface area contributed by atoms with Crippen LogP contribution in [0.3, 0.4) is 0 Å². The number of nitrogens with zero attached hydrogens (tertiary/aromatic N) is 2. The molecule has 1 amide bonds. The Bertz CT molecular complexity index is 766. The summed E-state index contributed by atoms with van der Waals surface area (Å²) in [6.07, 6.45) is 3.06. The number of hydrogen-bond donors (Lipinski definition) is 1. The summed E-state index contributed by atoms with van der Waals surface area (Å²) in [6, 6.07) is 4.91. The van der Waals surface area contributed by atoms with Crippen molar-refractivity contribution in [3.05, 3.63) is 39.6 Å². The standard InChI is InChI=1S/C19H24FN3OS/c1-12(2)10-17-21-13(3)18(25-17)19(24)22-14-6-7-16(15(20)11-14)23-8-4-5-9-23/h6-7,11-12H,4-5,8-10H2,1-3H3,(H,22,24). The lowest BCUT2D eigenvalue weighted by molar-refractivity contribution is 0.103. The van der Waals surface area contributed by atoms with Gasteiger partial charge in [0.2, 0.25) is 0 Å². The van der Waals surface area contributed by atoms with Crippen molar-refractivity contribution in [3.63, 3.8) is 0 Å². The Morgan fingerprint density at radius 1 is 1.36 bits per heavy atom. The van der Waals surface area contributed by atoms with Gasteiger partial charge in [-0.2, -0.15) is 0 Å². The van der Waals surface area contributed by atoms with Crippen molar-refractivity contribution in [1.82, 2.24) is 4.98 Å². The first-order valence-electron chi connectivity index (χ1n) is 8.76. The molecule has 0 radical (unpaired) electrons. The summed E-state index contributed by atoms with van der Waals surface area (Å²) in [5.41, 5.74) is 1.82. The molecule has 0 atom stereocenters. The Morgan fingerprint density at radius 3 is 2.72 bits per heavy atom. The minimum atomic E-state index is -0.291. The minimum Gasteiger partial charge on any atom is -0.369 e. The quantitative estimate of drug-likeness (QED) is 0.844. The molecule has 0 bridgehead atoms. The van der Waals surface area contributed by atoms with Crippen LogP contribution < -0.4 is 10.2 Å². The first-order chi connectivity index (χ1) is 11.9. The average molecular weight is 361 g/mol. The van der Waals surface area contributed by atoms with E-state index in [1.165, 1.54) is 17.4 Å². The van der Waals surface area contributed by atoms with Crippen LogP contribution in [0, 0.1) is 18.7 Å². The van der Waals surface area contributed by atoms with Gasteiger partial charge < -0.3 is 10.2 Å². The van der Waals surface area contributed by atoms with Crippen LogP contribution in [-0.2, 0) is 6.42 Å². The van der Waals surface area contributed by atoms with Crippen molar-refractivity contribution in [2.45, 2.75) is 40.0 Å². The van der Waals surface area contributed by atoms with Gasteiger partial charge >= 0.3 is 0 Å². The zero-order valence-corrected chi connectivity index (χ0v) is 15.8. The molecule has 1 saturated heterocycles. The molecule has 1 N–H and O–H groups in total. The molecule has 1 aliphatic rings. The van der Waals surface area contributed by atoms with Crippen LogP contribution in [0.1, 0.15) is 47.1 Å². The lowest BCUT2D eigenvalue weighted by Crippen LogP contribution is -2.19. The highest BCUT2D eigenvalue weighted by molar-refractivity contribution is 7.13. The Labute approximate surface area is 152 Å². The number of aryl methyl sites for hydroxylation is 1. The number of aromatic nitrogens is 1. The number of nitrogens with one attached hydrogen (secondary N) is 1. The molecule has 0 unspecified atom stereocenters. The van der Waals surface area contributed by atoms with E-state index in [4.69, 9.17) is 0 Å². The van der Waals surface area contributed by atoms with Crippen LogP contribution in [0.15, 0.2) is 18.2 Å². The monoisotopic (exact) mass is 361 g/mol. The van der Waals surface area contributed by atoms with Crippen LogP contribution in [0.25, 0.3) is 0 Å². The van der Waals surface area contributed by atoms with E-state index in [9.17, 15) is 9.18 Å². The second kappa shape index (κ2) is 7.52. The fourth-order valence-corrected chi connectivity index (χ4v) is 4.26. The molecule has 1 aliphatic heterocycles. The van der Waals surface area contributed by atoms with Crippen LogP contribution in [0.4, 0.5) is 15.8 Å². The molecule has 2 heterocycles. The third-order valence-electron chi connectivity index (χ3n) is 4.28. The van der Waals surface area contributed by atoms with Crippen LogP contribution >= 0.6 is 11.3 Å². The van der Waals surface area contributed by atoms with E-state index in [0.29, 0.717) is 22.2 Å². The summed E-state index contributed by atoms with van der Waals surface area (Å²) >= 11 is 1.42. The summed E-state index contributed by atoms with van der Waals surface area (Å²) in [7, 11) is 0. The lowest BCUT2D eigenvalue weighted by Gasteiger charge is -2.18. The Morgan fingerprint density at radius 2 is 2.08 bits per heavy atom. The Hall–Kier alpha value is -1.95. The molecule has 6 heteroatoms. The number of thiazole rings is 1. The summed E-state index contributed by atoms with van der Waals surface area (Å²) in [4.78, 5) is 19.6. The van der Waals surface area contributed by atoms with Crippen molar-refractivity contribution in [1.29, 1.82) is 0 Å². The van der Waals surface area contributed by atoms with E-state index >= 15 is 0 Å². The maximum absolute atomic E-state index is 14.4. The zero-order valence-electron chi connectivity index (χ0n) is 14.9. The second-order valence-corrected chi connectivity index (χ2v) is 8.02. The largest absolute Gasteiger partial charge is 0.369 e. The fourth-order valence-electron chi connectivity index (χ4n) is 3.09. The normalized spacial score (nSPS) is 14.4. The molecule has 25 heavy (non-hydrogen) atoms. The van der Waals surface area contributed by atoms with Crippen molar-refractivity contribution in [2.24, 2.45) is 5.92 Å². The van der Waals surface area contributed by atoms with E-state index in [1.807, 2.05) is 11.8 Å². The van der Waals surface area contributed by atoms with Gasteiger partial charge in [0, 0.05) is 25.2 Å². The number of halogens is 1. The summed E-state index contributed by atoms with van der Waals surface area (Å²) in [5.74, 6) is -0.0201. The van der Waals surface area contributed by atoms with Crippen molar-refractivity contribution in [3.8, 4) is 0 Å². The van der Waals surface area contributed by atoms with E-state index in [2.05, 4.69) is 24.1 Å². The third-order valence-corrected chi connectivity index (χ3v) is 5.46. The average Bonchev–Trinajstić information content (AvgIpc) is 3.16. The van der Waals surface area contributed by atoms with Gasteiger partial charge in [0.25, 0.3) is 5.91 Å². The summed E-state index contributed by atoms with van der Waals surface area (Å²) < 4.78 is 14.4. The molecule has 134 valence electrons. The minimum absolute atomic E-state index is 0.224.